The van der Waals surface area contributed by atoms with E-state index in [1.54, 1.807) is 11.3 Å². The molecule has 0 spiro atoms. The maximum absolute atomic E-state index is 12.9. The second-order valence-electron chi connectivity index (χ2n) is 8.34. The first-order chi connectivity index (χ1) is 12.6. The number of aromatic nitrogens is 1. The van der Waals surface area contributed by atoms with Crippen molar-refractivity contribution in [1.82, 2.24) is 14.8 Å². The summed E-state index contributed by atoms with van der Waals surface area (Å²) in [6.45, 7) is 9.04. The maximum Gasteiger partial charge on any atom is 0.236 e. The molecule has 3 atom stereocenters. The Bertz CT molecular complexity index is 730. The van der Waals surface area contributed by atoms with Crippen LogP contribution in [0.1, 0.15) is 44.0 Å². The van der Waals surface area contributed by atoms with Gasteiger partial charge in [-0.15, -0.1) is 11.3 Å². The molecule has 0 N–H and O–H groups in total. The van der Waals surface area contributed by atoms with Gasteiger partial charge in [0, 0.05) is 32.1 Å². The molecular formula is C21H29N3OS. The van der Waals surface area contributed by atoms with Gasteiger partial charge in [0.25, 0.3) is 0 Å². The van der Waals surface area contributed by atoms with Crippen molar-refractivity contribution in [1.29, 1.82) is 0 Å². The number of para-hydroxylation sites is 1. The molecule has 3 heterocycles. The zero-order valence-corrected chi connectivity index (χ0v) is 16.7. The summed E-state index contributed by atoms with van der Waals surface area (Å²) >= 11 is 1.79. The van der Waals surface area contributed by atoms with Crippen molar-refractivity contribution in [3.05, 3.63) is 29.3 Å². The molecule has 26 heavy (non-hydrogen) atoms. The molecule has 4 nitrogen and oxygen atoms in total. The molecule has 2 aromatic rings. The molecule has 0 saturated carbocycles. The van der Waals surface area contributed by atoms with Crippen LogP contribution in [0.2, 0.25) is 0 Å². The van der Waals surface area contributed by atoms with Crippen LogP contribution in [-0.4, -0.2) is 53.4 Å². The lowest BCUT2D eigenvalue weighted by atomic mass is 9.92. The first-order valence-electron chi connectivity index (χ1n) is 9.94. The first-order valence-corrected chi connectivity index (χ1v) is 10.8. The van der Waals surface area contributed by atoms with E-state index in [1.165, 1.54) is 16.1 Å². The molecule has 1 aromatic carbocycles. The van der Waals surface area contributed by atoms with Crippen LogP contribution in [0.25, 0.3) is 10.2 Å². The number of hydrogen-bond donors (Lipinski definition) is 0. The second-order valence-corrected chi connectivity index (χ2v) is 9.40. The standard InChI is InChI=1S/C21H29N3OS/c1-15-10-16(2)12-23(11-15)14-20(25)24-9-5-6-17(13-24)21-22-18-7-3-4-8-19(18)26-21/h3-4,7-8,15-17H,5-6,9-14H2,1-2H3/t15-,16-,17-/m0/s1. The number of likely N-dealkylation sites (tertiary alicyclic amines) is 2. The molecule has 0 aliphatic carbocycles. The van der Waals surface area contributed by atoms with Crippen molar-refractivity contribution < 1.29 is 4.79 Å². The van der Waals surface area contributed by atoms with Crippen LogP contribution in [0.15, 0.2) is 24.3 Å². The minimum absolute atomic E-state index is 0.303. The summed E-state index contributed by atoms with van der Waals surface area (Å²) in [4.78, 5) is 22.2. The van der Waals surface area contributed by atoms with Crippen molar-refractivity contribution in [3.63, 3.8) is 0 Å². The van der Waals surface area contributed by atoms with Crippen LogP contribution in [0.5, 0.6) is 0 Å². The van der Waals surface area contributed by atoms with Crippen LogP contribution in [0.3, 0.4) is 0 Å². The third kappa shape index (κ3) is 3.94. The van der Waals surface area contributed by atoms with Crippen molar-refractivity contribution >= 4 is 27.5 Å². The van der Waals surface area contributed by atoms with E-state index in [1.807, 2.05) is 6.07 Å². The van der Waals surface area contributed by atoms with E-state index in [0.29, 0.717) is 30.2 Å². The maximum atomic E-state index is 12.9. The van der Waals surface area contributed by atoms with Crippen LogP contribution < -0.4 is 0 Å². The van der Waals surface area contributed by atoms with Crippen molar-refractivity contribution in [2.24, 2.45) is 11.8 Å². The van der Waals surface area contributed by atoms with Gasteiger partial charge >= 0.3 is 0 Å². The second kappa shape index (κ2) is 7.65. The Morgan fingerprint density at radius 2 is 1.96 bits per heavy atom. The minimum Gasteiger partial charge on any atom is -0.341 e. The molecule has 2 saturated heterocycles. The van der Waals surface area contributed by atoms with Gasteiger partial charge in [-0.3, -0.25) is 9.69 Å². The number of rotatable bonds is 3. The van der Waals surface area contributed by atoms with Gasteiger partial charge in [-0.25, -0.2) is 4.98 Å². The monoisotopic (exact) mass is 371 g/mol. The lowest BCUT2D eigenvalue weighted by molar-refractivity contribution is -0.134. The predicted octanol–water partition coefficient (Wildman–Crippen LogP) is 3.98. The zero-order valence-electron chi connectivity index (χ0n) is 15.9. The average molecular weight is 372 g/mol. The summed E-state index contributed by atoms with van der Waals surface area (Å²) in [5, 5.41) is 1.20. The highest BCUT2D eigenvalue weighted by Crippen LogP contribution is 2.33. The summed E-state index contributed by atoms with van der Waals surface area (Å²) < 4.78 is 1.25. The number of amides is 1. The smallest absolute Gasteiger partial charge is 0.236 e. The average Bonchev–Trinajstić information content (AvgIpc) is 3.05. The molecule has 0 radical (unpaired) electrons. The molecule has 4 rings (SSSR count). The molecule has 1 amide bonds. The minimum atomic E-state index is 0.303. The van der Waals surface area contributed by atoms with E-state index in [0.717, 1.165) is 44.5 Å². The van der Waals surface area contributed by atoms with E-state index < -0.39 is 0 Å². The van der Waals surface area contributed by atoms with E-state index in [-0.39, 0.29) is 0 Å². The molecule has 0 bridgehead atoms. The van der Waals surface area contributed by atoms with Gasteiger partial charge in [0.05, 0.1) is 21.8 Å². The zero-order chi connectivity index (χ0) is 18.1. The van der Waals surface area contributed by atoms with Gasteiger partial charge in [-0.05, 0) is 43.2 Å². The highest BCUT2D eigenvalue weighted by atomic mass is 32.1. The van der Waals surface area contributed by atoms with Crippen LogP contribution in [0, 0.1) is 11.8 Å². The van der Waals surface area contributed by atoms with Gasteiger partial charge in [-0.2, -0.15) is 0 Å². The summed E-state index contributed by atoms with van der Waals surface area (Å²) in [5.41, 5.74) is 1.09. The van der Waals surface area contributed by atoms with Gasteiger partial charge < -0.3 is 4.90 Å². The van der Waals surface area contributed by atoms with Crippen LogP contribution in [0.4, 0.5) is 0 Å². The topological polar surface area (TPSA) is 36.4 Å². The Kier molecular flexibility index (Phi) is 5.28. The van der Waals surface area contributed by atoms with Crippen LogP contribution in [-0.2, 0) is 4.79 Å². The van der Waals surface area contributed by atoms with Crippen LogP contribution >= 0.6 is 11.3 Å². The van der Waals surface area contributed by atoms with Gasteiger partial charge in [0.15, 0.2) is 0 Å². The van der Waals surface area contributed by atoms with E-state index in [9.17, 15) is 4.79 Å². The number of thiazole rings is 1. The molecule has 0 unspecified atom stereocenters. The fraction of sp³-hybridized carbons (Fsp3) is 0.619. The highest BCUT2D eigenvalue weighted by molar-refractivity contribution is 7.18. The Hall–Kier alpha value is -1.46. The van der Waals surface area contributed by atoms with E-state index in [2.05, 4.69) is 41.8 Å². The normalized spacial score (nSPS) is 27.8. The summed E-state index contributed by atoms with van der Waals surface area (Å²) in [5.74, 6) is 2.09. The van der Waals surface area contributed by atoms with Gasteiger partial charge in [0.2, 0.25) is 5.91 Å². The molecule has 1 aromatic heterocycles. The van der Waals surface area contributed by atoms with Crippen molar-refractivity contribution in [2.75, 3.05) is 32.7 Å². The Labute approximate surface area is 160 Å². The predicted molar refractivity (Wildman–Crippen MR) is 108 cm³/mol. The molecular weight excluding hydrogens is 342 g/mol. The molecule has 2 aliphatic rings. The number of fused-ring (bicyclic) bond motifs is 1. The van der Waals surface area contributed by atoms with Crippen molar-refractivity contribution in [3.8, 4) is 0 Å². The Balaban J connectivity index is 1.40. The number of nitrogens with zero attached hydrogens (tertiary/aromatic N) is 3. The fourth-order valence-corrected chi connectivity index (χ4v) is 5.78. The Morgan fingerprint density at radius 1 is 1.19 bits per heavy atom. The lowest BCUT2D eigenvalue weighted by Crippen LogP contribution is -2.48. The van der Waals surface area contributed by atoms with Gasteiger partial charge in [0.1, 0.15) is 0 Å². The third-order valence-electron chi connectivity index (χ3n) is 5.74. The number of hydrogen-bond acceptors (Lipinski definition) is 4. The highest BCUT2D eigenvalue weighted by Gasteiger charge is 2.29. The summed E-state index contributed by atoms with van der Waals surface area (Å²) in [6, 6.07) is 8.34. The molecule has 2 aliphatic heterocycles. The van der Waals surface area contributed by atoms with E-state index >= 15 is 0 Å². The third-order valence-corrected chi connectivity index (χ3v) is 6.94. The SMILES string of the molecule is C[C@H]1C[C@H](C)CN(CC(=O)N2CCC[C@H](c3nc4ccccc4s3)C2)C1. The van der Waals surface area contributed by atoms with Gasteiger partial charge in [-0.1, -0.05) is 26.0 Å². The van der Waals surface area contributed by atoms with E-state index in [4.69, 9.17) is 4.98 Å². The quantitative estimate of drug-likeness (QED) is 0.819. The first kappa shape index (κ1) is 17.9. The number of carbonyl (C=O) groups is 1. The molecule has 5 heteroatoms. The summed E-state index contributed by atoms with van der Waals surface area (Å²) in [6.07, 6.45) is 3.51. The number of benzene rings is 1. The number of piperidine rings is 2. The lowest BCUT2D eigenvalue weighted by Gasteiger charge is -2.37. The summed E-state index contributed by atoms with van der Waals surface area (Å²) in [7, 11) is 0. The Morgan fingerprint density at radius 3 is 2.73 bits per heavy atom. The number of carbonyl (C=O) groups excluding carboxylic acids is 1. The largest absolute Gasteiger partial charge is 0.341 e. The fourth-order valence-electron chi connectivity index (χ4n) is 4.68. The molecule has 2 fully saturated rings. The molecule has 140 valence electrons. The van der Waals surface area contributed by atoms with Crippen molar-refractivity contribution in [2.45, 2.75) is 39.0 Å².